The number of phenols is 1. The Balaban J connectivity index is 2.11. The lowest BCUT2D eigenvalue weighted by atomic mass is 10.0. The molecule has 0 saturated carbocycles. The van der Waals surface area contributed by atoms with Crippen LogP contribution in [-0.4, -0.2) is 25.1 Å². The van der Waals surface area contributed by atoms with Crippen molar-refractivity contribution in [1.29, 1.82) is 0 Å². The summed E-state index contributed by atoms with van der Waals surface area (Å²) in [7, 11) is -3.70. The van der Waals surface area contributed by atoms with Gasteiger partial charge >= 0.3 is 0 Å². The van der Waals surface area contributed by atoms with Gasteiger partial charge in [0.05, 0.1) is 4.90 Å². The summed E-state index contributed by atoms with van der Waals surface area (Å²) in [5, 5.41) is 10.7. The summed E-state index contributed by atoms with van der Waals surface area (Å²) in [4.78, 5) is 2.94. The molecular weight excluding hydrogens is 331 g/mol. The van der Waals surface area contributed by atoms with Crippen LogP contribution in [0.5, 0.6) is 5.75 Å². The number of fused-ring (bicyclic) bond motifs is 1. The first-order valence-corrected chi connectivity index (χ1v) is 9.00. The molecule has 3 N–H and O–H groups in total. The van der Waals surface area contributed by atoms with E-state index in [4.69, 9.17) is 0 Å². The zero-order valence-corrected chi connectivity index (χ0v) is 13.8. The number of phenolic OH excluding ortho intramolecular Hbond substituents is 1. The fourth-order valence-corrected chi connectivity index (χ4v) is 3.75. The number of hydrogen-bond acceptors (Lipinski definition) is 3. The van der Waals surface area contributed by atoms with Crippen LogP contribution in [0.15, 0.2) is 47.5 Å². The number of rotatable bonds is 5. The van der Waals surface area contributed by atoms with Gasteiger partial charge in [-0.15, -0.1) is 0 Å². The summed E-state index contributed by atoms with van der Waals surface area (Å²) in [6, 6.07) is 8.49. The van der Waals surface area contributed by atoms with Crippen LogP contribution in [0.4, 0.5) is 4.39 Å². The molecular formula is C17H17FN2O3S. The summed E-state index contributed by atoms with van der Waals surface area (Å²) < 4.78 is 40.4. The minimum absolute atomic E-state index is 0.0117. The van der Waals surface area contributed by atoms with Crippen LogP contribution in [0.3, 0.4) is 0 Å². The van der Waals surface area contributed by atoms with Crippen LogP contribution in [0.25, 0.3) is 22.0 Å². The molecule has 126 valence electrons. The van der Waals surface area contributed by atoms with E-state index in [1.165, 1.54) is 30.3 Å². The molecule has 0 radical (unpaired) electrons. The number of H-pyrrole nitrogens is 1. The highest BCUT2D eigenvalue weighted by atomic mass is 32.2. The van der Waals surface area contributed by atoms with Gasteiger partial charge in [-0.3, -0.25) is 0 Å². The number of aromatic amines is 1. The number of aromatic nitrogens is 1. The van der Waals surface area contributed by atoms with E-state index in [1.807, 2.05) is 6.92 Å². The average molecular weight is 348 g/mol. The SMILES string of the molecule is CCCNS(=O)(=O)c1cc(O)cc(-c2c[nH]c3cc(F)ccc23)c1. The molecule has 0 bridgehead atoms. The van der Waals surface area contributed by atoms with E-state index < -0.39 is 10.0 Å². The van der Waals surface area contributed by atoms with Crippen LogP contribution in [0.1, 0.15) is 13.3 Å². The number of aromatic hydroxyl groups is 1. The maximum atomic E-state index is 13.3. The van der Waals surface area contributed by atoms with Gasteiger partial charge in [0.25, 0.3) is 0 Å². The van der Waals surface area contributed by atoms with E-state index in [-0.39, 0.29) is 16.5 Å². The number of hydrogen-bond donors (Lipinski definition) is 3. The Morgan fingerprint density at radius 3 is 2.75 bits per heavy atom. The monoisotopic (exact) mass is 348 g/mol. The van der Waals surface area contributed by atoms with Crippen molar-refractivity contribution in [3.8, 4) is 16.9 Å². The minimum Gasteiger partial charge on any atom is -0.508 e. The molecule has 0 aliphatic heterocycles. The number of benzene rings is 2. The molecule has 0 aliphatic carbocycles. The summed E-state index contributed by atoms with van der Waals surface area (Å²) >= 11 is 0. The van der Waals surface area contributed by atoms with E-state index >= 15 is 0 Å². The summed E-state index contributed by atoms with van der Waals surface area (Å²) in [6.45, 7) is 2.18. The Kier molecular flexibility index (Phi) is 4.29. The first kappa shape index (κ1) is 16.5. The zero-order valence-electron chi connectivity index (χ0n) is 13.0. The lowest BCUT2D eigenvalue weighted by molar-refractivity contribution is 0.473. The van der Waals surface area contributed by atoms with E-state index in [9.17, 15) is 17.9 Å². The topological polar surface area (TPSA) is 82.2 Å². The molecule has 0 unspecified atom stereocenters. The Morgan fingerprint density at radius 2 is 2.00 bits per heavy atom. The minimum atomic E-state index is -3.70. The molecule has 7 heteroatoms. The van der Waals surface area contributed by atoms with E-state index in [0.29, 0.717) is 29.6 Å². The third-order valence-electron chi connectivity index (χ3n) is 3.70. The standard InChI is InChI=1S/C17H17FN2O3S/c1-2-5-20-24(22,23)14-7-11(6-13(21)9-14)16-10-19-17-8-12(18)3-4-15(16)17/h3-4,6-10,19-21H,2,5H2,1H3. The Bertz CT molecular complexity index is 996. The number of halogens is 1. The molecule has 24 heavy (non-hydrogen) atoms. The second-order valence-electron chi connectivity index (χ2n) is 5.51. The Hall–Kier alpha value is -2.38. The highest BCUT2D eigenvalue weighted by Gasteiger charge is 2.17. The van der Waals surface area contributed by atoms with Crippen molar-refractivity contribution in [2.45, 2.75) is 18.2 Å². The molecule has 0 saturated heterocycles. The molecule has 0 spiro atoms. The first-order valence-electron chi connectivity index (χ1n) is 7.51. The van der Waals surface area contributed by atoms with Crippen LogP contribution in [-0.2, 0) is 10.0 Å². The Labute approximate surface area is 139 Å². The largest absolute Gasteiger partial charge is 0.508 e. The van der Waals surface area contributed by atoms with Gasteiger partial charge in [-0.25, -0.2) is 17.5 Å². The first-order chi connectivity index (χ1) is 11.4. The van der Waals surface area contributed by atoms with Crippen molar-refractivity contribution >= 4 is 20.9 Å². The van der Waals surface area contributed by atoms with Crippen molar-refractivity contribution in [3.05, 3.63) is 48.4 Å². The van der Waals surface area contributed by atoms with Crippen molar-refractivity contribution in [1.82, 2.24) is 9.71 Å². The van der Waals surface area contributed by atoms with E-state index in [2.05, 4.69) is 9.71 Å². The molecule has 3 aromatic rings. The third kappa shape index (κ3) is 3.13. The molecule has 0 atom stereocenters. The second-order valence-corrected chi connectivity index (χ2v) is 7.27. The predicted molar refractivity (Wildman–Crippen MR) is 90.8 cm³/mol. The molecule has 2 aromatic carbocycles. The lowest BCUT2D eigenvalue weighted by Crippen LogP contribution is -2.24. The third-order valence-corrected chi connectivity index (χ3v) is 5.14. The van der Waals surface area contributed by atoms with E-state index in [1.54, 1.807) is 12.3 Å². The van der Waals surface area contributed by atoms with Crippen molar-refractivity contribution in [3.63, 3.8) is 0 Å². The smallest absolute Gasteiger partial charge is 0.240 e. The summed E-state index contributed by atoms with van der Waals surface area (Å²) in [5.41, 5.74) is 1.82. The van der Waals surface area contributed by atoms with Crippen molar-refractivity contribution in [2.75, 3.05) is 6.54 Å². The molecule has 0 aliphatic rings. The van der Waals surface area contributed by atoms with Crippen LogP contribution in [0, 0.1) is 5.82 Å². The molecule has 1 heterocycles. The van der Waals surface area contributed by atoms with E-state index in [0.717, 1.165) is 5.39 Å². The highest BCUT2D eigenvalue weighted by Crippen LogP contribution is 2.33. The van der Waals surface area contributed by atoms with Crippen LogP contribution in [0.2, 0.25) is 0 Å². The number of sulfonamides is 1. The maximum Gasteiger partial charge on any atom is 0.240 e. The average Bonchev–Trinajstić information content (AvgIpc) is 2.95. The lowest BCUT2D eigenvalue weighted by Gasteiger charge is -2.09. The fraction of sp³-hybridized carbons (Fsp3) is 0.176. The van der Waals surface area contributed by atoms with Gasteiger partial charge in [-0.1, -0.05) is 6.92 Å². The highest BCUT2D eigenvalue weighted by molar-refractivity contribution is 7.89. The Morgan fingerprint density at radius 1 is 1.21 bits per heavy atom. The maximum absolute atomic E-state index is 13.3. The van der Waals surface area contributed by atoms with Gasteiger partial charge < -0.3 is 10.1 Å². The van der Waals surface area contributed by atoms with Gasteiger partial charge in [-0.2, -0.15) is 0 Å². The zero-order chi connectivity index (χ0) is 17.3. The quantitative estimate of drug-likeness (QED) is 0.661. The van der Waals surface area contributed by atoms with Gasteiger partial charge in [-0.05, 0) is 48.4 Å². The van der Waals surface area contributed by atoms with Crippen molar-refractivity contribution in [2.24, 2.45) is 0 Å². The molecule has 0 amide bonds. The molecule has 0 fully saturated rings. The second kappa shape index (κ2) is 6.26. The predicted octanol–water partition coefficient (Wildman–Crippen LogP) is 3.37. The normalized spacial score (nSPS) is 11.9. The van der Waals surface area contributed by atoms with Gasteiger partial charge in [0.15, 0.2) is 0 Å². The van der Waals surface area contributed by atoms with Gasteiger partial charge in [0.1, 0.15) is 11.6 Å². The summed E-state index contributed by atoms with van der Waals surface area (Å²) in [5.74, 6) is -0.514. The number of nitrogens with one attached hydrogen (secondary N) is 2. The van der Waals surface area contributed by atoms with Crippen LogP contribution >= 0.6 is 0 Å². The summed E-state index contributed by atoms with van der Waals surface area (Å²) in [6.07, 6.45) is 2.33. The van der Waals surface area contributed by atoms with Gasteiger partial charge in [0.2, 0.25) is 10.0 Å². The molecule has 5 nitrogen and oxygen atoms in total. The van der Waals surface area contributed by atoms with Crippen molar-refractivity contribution < 1.29 is 17.9 Å². The van der Waals surface area contributed by atoms with Crippen LogP contribution < -0.4 is 4.72 Å². The van der Waals surface area contributed by atoms with Gasteiger partial charge in [0, 0.05) is 29.2 Å². The molecule has 3 rings (SSSR count). The molecule has 1 aromatic heterocycles. The fourth-order valence-electron chi connectivity index (χ4n) is 2.55.